The first-order chi connectivity index (χ1) is 9.68. The van der Waals surface area contributed by atoms with Crippen LogP contribution in [-0.4, -0.2) is 41.8 Å². The molecular weight excluding hydrogens is 276 g/mol. The maximum absolute atomic E-state index is 9.14. The molecule has 0 amide bonds. The number of carbonyl (C=O) groups excluding carboxylic acids is 1. The molecule has 20 heavy (non-hydrogen) atoms. The summed E-state index contributed by atoms with van der Waals surface area (Å²) in [5.74, 6) is -1.23. The molecule has 0 aliphatic heterocycles. The minimum atomic E-state index is -1.23. The van der Waals surface area contributed by atoms with E-state index in [0.29, 0.717) is 0 Å². The fourth-order valence-electron chi connectivity index (χ4n) is 2.02. The molecule has 0 heterocycles. The van der Waals surface area contributed by atoms with Gasteiger partial charge in [0.1, 0.15) is 0 Å². The van der Waals surface area contributed by atoms with E-state index >= 15 is 0 Å². The molecule has 3 heteroatoms. The summed E-state index contributed by atoms with van der Waals surface area (Å²) < 4.78 is 1.50. The third-order valence-corrected chi connectivity index (χ3v) is 4.05. The standard InChI is InChI=1S/C14H29.C3H4O2.Ca/c1-3-5-7-9-11-13-14-12-10-8-6-4-2;1-2-3(4)5;/h1,3-14H2,2H3;2H,1H2,(H,4,5);/q;;+1/p-1. The van der Waals surface area contributed by atoms with Crippen LogP contribution in [0.15, 0.2) is 12.7 Å². The van der Waals surface area contributed by atoms with Crippen LogP contribution in [0.25, 0.3) is 0 Å². The summed E-state index contributed by atoms with van der Waals surface area (Å²) in [7, 11) is 0. The zero-order chi connectivity index (χ0) is 15.5. The summed E-state index contributed by atoms with van der Waals surface area (Å²) in [6, 6.07) is 0. The zero-order valence-electron chi connectivity index (χ0n) is 13.5. The molecule has 0 fully saturated rings. The van der Waals surface area contributed by atoms with Crippen LogP contribution in [0.5, 0.6) is 0 Å². The number of carbonyl (C=O) groups is 1. The van der Waals surface area contributed by atoms with Gasteiger partial charge in [0.2, 0.25) is 0 Å². The predicted octanol–water partition coefficient (Wildman–Crippen LogP) is 4.20. The van der Waals surface area contributed by atoms with Crippen molar-refractivity contribution in [3.8, 4) is 0 Å². The van der Waals surface area contributed by atoms with Crippen molar-refractivity contribution in [1.29, 1.82) is 0 Å². The Bertz CT molecular complexity index is 193. The number of rotatable bonds is 13. The van der Waals surface area contributed by atoms with Crippen molar-refractivity contribution in [2.75, 3.05) is 0 Å². The van der Waals surface area contributed by atoms with E-state index in [1.54, 1.807) is 0 Å². The molecule has 2 nitrogen and oxygen atoms in total. The monoisotopic (exact) mass is 308 g/mol. The fourth-order valence-corrected chi connectivity index (χ4v) is 2.57. The Morgan fingerprint density at radius 3 is 1.45 bits per heavy atom. The first kappa shape index (κ1) is 22.7. The molecule has 0 saturated heterocycles. The SMILES string of the molecule is C=CC(=O)[O-].CCCCCCCCCCCCC[CH2][Ca+]. The molecule has 0 bridgehead atoms. The van der Waals surface area contributed by atoms with E-state index in [1.165, 1.54) is 115 Å². The van der Waals surface area contributed by atoms with Crippen molar-refractivity contribution in [1.82, 2.24) is 0 Å². The number of unbranched alkanes of at least 4 members (excludes halogenated alkanes) is 11. The van der Waals surface area contributed by atoms with Crippen LogP contribution in [0.1, 0.15) is 84.0 Å². The molecule has 0 aromatic carbocycles. The summed E-state index contributed by atoms with van der Waals surface area (Å²) in [5.41, 5.74) is 0. The van der Waals surface area contributed by atoms with Crippen molar-refractivity contribution >= 4 is 41.8 Å². The van der Waals surface area contributed by atoms with Gasteiger partial charge < -0.3 is 9.90 Å². The van der Waals surface area contributed by atoms with Gasteiger partial charge >= 0.3 is 109 Å². The third kappa shape index (κ3) is 26.9. The second kappa shape index (κ2) is 21.8. The van der Waals surface area contributed by atoms with Gasteiger partial charge in [-0.1, -0.05) is 19.9 Å². The summed E-state index contributed by atoms with van der Waals surface area (Å²) in [4.78, 5) is 9.14. The molecule has 0 aliphatic rings. The van der Waals surface area contributed by atoms with Crippen LogP contribution >= 0.6 is 0 Å². The van der Waals surface area contributed by atoms with Crippen molar-refractivity contribution in [2.24, 2.45) is 0 Å². The van der Waals surface area contributed by atoms with E-state index in [9.17, 15) is 0 Å². The molecule has 0 rings (SSSR count). The van der Waals surface area contributed by atoms with E-state index in [4.69, 9.17) is 9.90 Å². The van der Waals surface area contributed by atoms with Gasteiger partial charge in [0.05, 0.1) is 5.97 Å². The predicted molar refractivity (Wildman–Crippen MR) is 86.8 cm³/mol. The van der Waals surface area contributed by atoms with Gasteiger partial charge in [-0.15, -0.1) is 0 Å². The van der Waals surface area contributed by atoms with Gasteiger partial charge in [-0.05, 0) is 6.08 Å². The quantitative estimate of drug-likeness (QED) is 0.291. The Hall–Kier alpha value is 0.470. The molecule has 0 aromatic rings. The van der Waals surface area contributed by atoms with Crippen molar-refractivity contribution < 1.29 is 9.90 Å². The Kier molecular flexibility index (Phi) is 24.8. The summed E-state index contributed by atoms with van der Waals surface area (Å²) in [5, 5.41) is 9.14. The van der Waals surface area contributed by atoms with Crippen LogP contribution in [0.2, 0.25) is 2.52 Å². The first-order valence-electron chi connectivity index (χ1n) is 8.31. The molecule has 0 N–H and O–H groups in total. The average Bonchev–Trinajstić information content (AvgIpc) is 2.45. The van der Waals surface area contributed by atoms with E-state index in [1.807, 2.05) is 0 Å². The van der Waals surface area contributed by atoms with Crippen molar-refractivity contribution in [3.05, 3.63) is 12.7 Å². The van der Waals surface area contributed by atoms with E-state index in [2.05, 4.69) is 13.5 Å². The molecule has 0 unspecified atom stereocenters. The number of carboxylic acid groups (broad SMARTS) is 1. The van der Waals surface area contributed by atoms with Gasteiger partial charge in [-0.25, -0.2) is 0 Å². The topological polar surface area (TPSA) is 40.1 Å². The molecule has 0 spiro atoms. The van der Waals surface area contributed by atoms with Crippen LogP contribution < -0.4 is 5.11 Å². The molecule has 0 radical (unpaired) electrons. The third-order valence-electron chi connectivity index (χ3n) is 3.27. The summed E-state index contributed by atoms with van der Waals surface area (Å²) >= 11 is 1.50. The summed E-state index contributed by atoms with van der Waals surface area (Å²) in [6.45, 7) is 5.19. The average molecular weight is 309 g/mol. The number of hydrogen-bond acceptors (Lipinski definition) is 2. The zero-order valence-corrected chi connectivity index (χ0v) is 15.7. The van der Waals surface area contributed by atoms with Crippen LogP contribution in [0.4, 0.5) is 0 Å². The molecule has 0 aromatic heterocycles. The number of aliphatic carboxylic acids is 1. The Morgan fingerprint density at radius 2 is 1.20 bits per heavy atom. The normalized spacial score (nSPS) is 9.75. The van der Waals surface area contributed by atoms with Crippen molar-refractivity contribution in [2.45, 2.75) is 86.5 Å². The van der Waals surface area contributed by atoms with E-state index in [-0.39, 0.29) is 0 Å². The van der Waals surface area contributed by atoms with Gasteiger partial charge in [0.15, 0.2) is 0 Å². The molecule has 0 aliphatic carbocycles. The fraction of sp³-hybridized carbons (Fsp3) is 0.824. The van der Waals surface area contributed by atoms with Gasteiger partial charge in [0.25, 0.3) is 0 Å². The maximum atomic E-state index is 9.14. The Morgan fingerprint density at radius 1 is 0.900 bits per heavy atom. The first-order valence-corrected chi connectivity index (χ1v) is 9.87. The second-order valence-electron chi connectivity index (χ2n) is 5.27. The van der Waals surface area contributed by atoms with E-state index in [0.717, 1.165) is 6.08 Å². The molecule has 0 atom stereocenters. The Labute approximate surface area is 150 Å². The van der Waals surface area contributed by atoms with Crippen LogP contribution in [-0.2, 0) is 4.79 Å². The van der Waals surface area contributed by atoms with E-state index < -0.39 is 5.97 Å². The molecule has 114 valence electrons. The van der Waals surface area contributed by atoms with Gasteiger partial charge in [-0.2, -0.15) is 0 Å². The van der Waals surface area contributed by atoms with Crippen molar-refractivity contribution in [3.63, 3.8) is 0 Å². The molecular formula is C17H32CaO2. The van der Waals surface area contributed by atoms with Crippen LogP contribution in [0, 0.1) is 0 Å². The second-order valence-corrected chi connectivity index (χ2v) is 6.37. The molecule has 0 saturated carbocycles. The minimum absolute atomic E-state index is 0.722. The summed E-state index contributed by atoms with van der Waals surface area (Å²) in [6.07, 6.45) is 18.4. The Balaban J connectivity index is 0. The van der Waals surface area contributed by atoms with Gasteiger partial charge in [0, 0.05) is 0 Å². The number of carboxylic acids is 1. The van der Waals surface area contributed by atoms with Gasteiger partial charge in [-0.3, -0.25) is 0 Å². The number of hydrogen-bond donors (Lipinski definition) is 0. The van der Waals surface area contributed by atoms with Crippen LogP contribution in [0.3, 0.4) is 0 Å².